The van der Waals surface area contributed by atoms with Crippen LogP contribution in [0.3, 0.4) is 0 Å². The summed E-state index contributed by atoms with van der Waals surface area (Å²) in [5, 5.41) is 0.480. The van der Waals surface area contributed by atoms with E-state index in [9.17, 15) is 9.59 Å². The maximum Gasteiger partial charge on any atom is 0.332 e. The molecule has 0 radical (unpaired) electrons. The number of pyridine rings is 1. The Hall–Kier alpha value is -2.77. The van der Waals surface area contributed by atoms with Gasteiger partial charge in [0.1, 0.15) is 5.65 Å². The van der Waals surface area contributed by atoms with Crippen LogP contribution in [0, 0.1) is 0 Å². The topological polar surface area (TPSA) is 75.4 Å². The number of rotatable bonds is 9. The molecule has 3 aromatic rings. The van der Waals surface area contributed by atoms with Crippen molar-refractivity contribution in [2.24, 2.45) is 7.05 Å². The average molecular weight is 466 g/mol. The molecule has 0 aliphatic carbocycles. The van der Waals surface area contributed by atoms with Crippen molar-refractivity contribution in [3.63, 3.8) is 0 Å². The molecule has 1 saturated heterocycles. The van der Waals surface area contributed by atoms with Gasteiger partial charge >= 0.3 is 5.69 Å². The minimum absolute atomic E-state index is 0.169. The number of hydrogen-bond donors (Lipinski definition) is 0. The smallest absolute Gasteiger partial charge is 0.332 e. The zero-order chi connectivity index (χ0) is 24.1. The Balaban J connectivity index is 1.50. The van der Waals surface area contributed by atoms with Crippen LogP contribution in [0.2, 0.25) is 0 Å². The number of hydrogen-bond acceptors (Lipinski definition) is 5. The van der Waals surface area contributed by atoms with Crippen molar-refractivity contribution in [2.75, 3.05) is 13.2 Å². The second kappa shape index (κ2) is 11.1. The first kappa shape index (κ1) is 24.4. The SMILES string of the molecule is CC(C)c1ccccc1CCc1cnc2c(c1)c(=O)n(CCCOC1CCCCO1)c(=O)n2C. The van der Waals surface area contributed by atoms with Gasteiger partial charge < -0.3 is 9.47 Å². The van der Waals surface area contributed by atoms with Crippen LogP contribution in [0.5, 0.6) is 0 Å². The molecule has 1 aromatic carbocycles. The van der Waals surface area contributed by atoms with Gasteiger partial charge in [-0.25, -0.2) is 9.78 Å². The number of aromatic nitrogens is 3. The van der Waals surface area contributed by atoms with Crippen molar-refractivity contribution in [1.82, 2.24) is 14.1 Å². The van der Waals surface area contributed by atoms with E-state index in [1.165, 1.54) is 20.3 Å². The molecule has 2 aromatic heterocycles. The molecule has 7 nitrogen and oxygen atoms in total. The standard InChI is InChI=1S/C27H35N3O4/c1-19(2)22-10-5-4-9-21(22)13-12-20-17-23-25(28-18-20)29(3)27(32)30(26(23)31)14-8-16-34-24-11-6-7-15-33-24/h4-5,9-10,17-19,24H,6-8,11-16H2,1-3H3. The molecule has 0 spiro atoms. The first-order valence-electron chi connectivity index (χ1n) is 12.3. The third kappa shape index (κ3) is 5.47. The van der Waals surface area contributed by atoms with Gasteiger partial charge in [-0.3, -0.25) is 13.9 Å². The van der Waals surface area contributed by atoms with Gasteiger partial charge in [0, 0.05) is 26.4 Å². The van der Waals surface area contributed by atoms with Gasteiger partial charge in [-0.1, -0.05) is 38.1 Å². The fourth-order valence-corrected chi connectivity index (χ4v) is 4.65. The number of benzene rings is 1. The van der Waals surface area contributed by atoms with E-state index in [0.717, 1.165) is 44.3 Å². The van der Waals surface area contributed by atoms with Crippen molar-refractivity contribution < 1.29 is 9.47 Å². The number of nitrogens with zero attached hydrogens (tertiary/aromatic N) is 3. The molecule has 4 rings (SSSR count). The summed E-state index contributed by atoms with van der Waals surface area (Å²) in [6.45, 7) is 5.89. The van der Waals surface area contributed by atoms with Crippen molar-refractivity contribution in [3.8, 4) is 0 Å². The van der Waals surface area contributed by atoms with Gasteiger partial charge in [0.25, 0.3) is 5.56 Å². The van der Waals surface area contributed by atoms with Crippen LogP contribution in [0.25, 0.3) is 11.0 Å². The largest absolute Gasteiger partial charge is 0.353 e. The van der Waals surface area contributed by atoms with Crippen LogP contribution in [-0.4, -0.2) is 33.6 Å². The van der Waals surface area contributed by atoms with E-state index in [1.54, 1.807) is 13.2 Å². The van der Waals surface area contributed by atoms with Gasteiger partial charge in [-0.2, -0.15) is 0 Å². The number of ether oxygens (including phenoxy) is 2. The summed E-state index contributed by atoms with van der Waals surface area (Å²) in [6, 6.07) is 10.4. The Morgan fingerprint density at radius 2 is 2.00 bits per heavy atom. The molecule has 1 fully saturated rings. The van der Waals surface area contributed by atoms with Gasteiger partial charge in [0.15, 0.2) is 6.29 Å². The van der Waals surface area contributed by atoms with Crippen molar-refractivity contribution >= 4 is 11.0 Å². The Morgan fingerprint density at radius 1 is 1.18 bits per heavy atom. The molecule has 0 amide bonds. The highest BCUT2D eigenvalue weighted by atomic mass is 16.7. The molecule has 1 aliphatic rings. The summed E-state index contributed by atoms with van der Waals surface area (Å²) in [4.78, 5) is 30.5. The molecule has 7 heteroatoms. The zero-order valence-corrected chi connectivity index (χ0v) is 20.5. The Bertz CT molecular complexity index is 1240. The highest BCUT2D eigenvalue weighted by molar-refractivity contribution is 5.74. The van der Waals surface area contributed by atoms with Crippen LogP contribution < -0.4 is 11.2 Å². The minimum atomic E-state index is -0.350. The summed E-state index contributed by atoms with van der Waals surface area (Å²) >= 11 is 0. The van der Waals surface area contributed by atoms with E-state index in [2.05, 4.69) is 43.1 Å². The van der Waals surface area contributed by atoms with Crippen LogP contribution in [0.1, 0.15) is 62.1 Å². The van der Waals surface area contributed by atoms with E-state index in [-0.39, 0.29) is 17.5 Å². The summed E-state index contributed by atoms with van der Waals surface area (Å²) in [7, 11) is 1.67. The fraction of sp³-hybridized carbons (Fsp3) is 0.519. The van der Waals surface area contributed by atoms with Gasteiger partial charge in [0.2, 0.25) is 0 Å². The molecule has 1 atom stereocenters. The molecule has 34 heavy (non-hydrogen) atoms. The van der Waals surface area contributed by atoms with Crippen molar-refractivity contribution in [3.05, 3.63) is 74.1 Å². The third-order valence-corrected chi connectivity index (χ3v) is 6.56. The van der Waals surface area contributed by atoms with Gasteiger partial charge in [-0.05, 0) is 67.2 Å². The second-order valence-corrected chi connectivity index (χ2v) is 9.39. The van der Waals surface area contributed by atoms with Gasteiger partial charge in [0.05, 0.1) is 12.0 Å². The number of fused-ring (bicyclic) bond motifs is 1. The second-order valence-electron chi connectivity index (χ2n) is 9.39. The lowest BCUT2D eigenvalue weighted by molar-refractivity contribution is -0.163. The lowest BCUT2D eigenvalue weighted by Gasteiger charge is -2.22. The van der Waals surface area contributed by atoms with Crippen LogP contribution >= 0.6 is 0 Å². The first-order valence-corrected chi connectivity index (χ1v) is 12.3. The van der Waals surface area contributed by atoms with E-state index in [4.69, 9.17) is 9.47 Å². The molecular formula is C27H35N3O4. The predicted octanol–water partition coefficient (Wildman–Crippen LogP) is 3.94. The fourth-order valence-electron chi connectivity index (χ4n) is 4.65. The molecular weight excluding hydrogens is 430 g/mol. The summed E-state index contributed by atoms with van der Waals surface area (Å²) in [6.07, 6.45) is 6.91. The summed E-state index contributed by atoms with van der Waals surface area (Å²) < 4.78 is 14.1. The summed E-state index contributed by atoms with van der Waals surface area (Å²) in [5.41, 5.74) is 3.44. The van der Waals surface area contributed by atoms with Crippen LogP contribution in [0.4, 0.5) is 0 Å². The maximum atomic E-state index is 13.2. The lowest BCUT2D eigenvalue weighted by atomic mass is 9.93. The molecule has 0 N–H and O–H groups in total. The van der Waals surface area contributed by atoms with Crippen LogP contribution in [0.15, 0.2) is 46.1 Å². The van der Waals surface area contributed by atoms with Crippen LogP contribution in [-0.2, 0) is 35.9 Å². The Morgan fingerprint density at radius 3 is 2.76 bits per heavy atom. The zero-order valence-electron chi connectivity index (χ0n) is 20.5. The monoisotopic (exact) mass is 465 g/mol. The molecule has 0 saturated carbocycles. The molecule has 1 aliphatic heterocycles. The number of aryl methyl sites for hydroxylation is 3. The minimum Gasteiger partial charge on any atom is -0.353 e. The van der Waals surface area contributed by atoms with Crippen molar-refractivity contribution in [1.29, 1.82) is 0 Å². The Labute approximate surface area is 200 Å². The third-order valence-electron chi connectivity index (χ3n) is 6.56. The molecule has 0 bridgehead atoms. The normalized spacial score (nSPS) is 16.4. The molecule has 3 heterocycles. The maximum absolute atomic E-state index is 13.2. The summed E-state index contributed by atoms with van der Waals surface area (Å²) in [5.74, 6) is 0.460. The lowest BCUT2D eigenvalue weighted by Crippen LogP contribution is -2.39. The quantitative estimate of drug-likeness (QED) is 0.448. The Kier molecular flexibility index (Phi) is 7.95. The van der Waals surface area contributed by atoms with E-state index >= 15 is 0 Å². The highest BCUT2D eigenvalue weighted by Gasteiger charge is 2.16. The average Bonchev–Trinajstić information content (AvgIpc) is 2.86. The first-order chi connectivity index (χ1) is 16.5. The molecule has 1 unspecified atom stereocenters. The van der Waals surface area contributed by atoms with E-state index < -0.39 is 0 Å². The van der Waals surface area contributed by atoms with E-state index in [1.807, 2.05) is 6.07 Å². The predicted molar refractivity (Wildman–Crippen MR) is 133 cm³/mol. The van der Waals surface area contributed by atoms with Gasteiger partial charge in [-0.15, -0.1) is 0 Å². The molecule has 182 valence electrons. The van der Waals surface area contributed by atoms with E-state index in [0.29, 0.717) is 36.5 Å². The highest BCUT2D eigenvalue weighted by Crippen LogP contribution is 2.21. The van der Waals surface area contributed by atoms with Crippen molar-refractivity contribution in [2.45, 2.75) is 71.1 Å².